The number of fused-ring (bicyclic) bond motifs is 1. The molecule has 1 unspecified atom stereocenters. The molecule has 0 fully saturated rings. The Morgan fingerprint density at radius 3 is 2.72 bits per heavy atom. The van der Waals surface area contributed by atoms with Crippen molar-refractivity contribution in [3.8, 4) is 0 Å². The number of benzene rings is 1. The first-order chi connectivity index (χ1) is 8.57. The third-order valence-corrected chi connectivity index (χ3v) is 5.44. The number of halogens is 1. The van der Waals surface area contributed by atoms with Crippen LogP contribution < -0.4 is 0 Å². The van der Waals surface area contributed by atoms with Crippen LogP contribution in [0.4, 0.5) is 0 Å². The summed E-state index contributed by atoms with van der Waals surface area (Å²) in [4.78, 5) is 4.51. The third-order valence-electron chi connectivity index (χ3n) is 2.96. The van der Waals surface area contributed by atoms with Crippen LogP contribution in [0.15, 0.2) is 41.4 Å². The molecule has 0 aliphatic carbocycles. The van der Waals surface area contributed by atoms with Crippen molar-refractivity contribution in [1.29, 1.82) is 0 Å². The lowest BCUT2D eigenvalue weighted by Crippen LogP contribution is -2.18. The number of hydrogen-bond donors (Lipinski definition) is 0. The largest absolute Gasteiger partial charge is 0.256 e. The highest BCUT2D eigenvalue weighted by atomic mass is 35.5. The minimum atomic E-state index is -3.35. The maximum Gasteiger partial charge on any atom is 0.181 e. The number of hydrogen-bond acceptors (Lipinski definition) is 3. The molecule has 2 aromatic rings. The molecule has 1 aromatic heterocycles. The van der Waals surface area contributed by atoms with E-state index in [-0.39, 0.29) is 0 Å². The van der Waals surface area contributed by atoms with E-state index in [2.05, 4.69) is 4.98 Å². The Balaban J connectivity index is 2.61. The summed E-state index contributed by atoms with van der Waals surface area (Å²) in [5.74, 6) is 0.337. The molecule has 2 rings (SSSR count). The van der Waals surface area contributed by atoms with E-state index in [1.807, 2.05) is 12.1 Å². The Kier molecular flexibility index (Phi) is 3.88. The molecular weight excluding hydrogens is 270 g/mol. The molecule has 18 heavy (non-hydrogen) atoms. The molecule has 1 atom stereocenters. The second kappa shape index (κ2) is 5.24. The summed E-state index contributed by atoms with van der Waals surface area (Å²) in [6.45, 7) is 1.69. The zero-order valence-corrected chi connectivity index (χ0v) is 11.6. The van der Waals surface area contributed by atoms with Gasteiger partial charge in [-0.3, -0.25) is 4.98 Å². The van der Waals surface area contributed by atoms with E-state index in [0.717, 1.165) is 0 Å². The Labute approximate surface area is 112 Å². The normalized spacial score (nSPS) is 13.7. The zero-order valence-electron chi connectivity index (χ0n) is 10.0. The van der Waals surface area contributed by atoms with Crippen molar-refractivity contribution in [2.45, 2.75) is 23.5 Å². The summed E-state index contributed by atoms with van der Waals surface area (Å²) in [7, 11) is -3.35. The third kappa shape index (κ3) is 2.35. The van der Waals surface area contributed by atoms with Crippen LogP contribution in [0, 0.1) is 0 Å². The molecule has 0 saturated carbocycles. The molecule has 1 aromatic carbocycles. The van der Waals surface area contributed by atoms with E-state index in [9.17, 15) is 8.42 Å². The standard InChI is InChI=1S/C13H14ClNO2S/c1-10(6-8-14)18(16,17)13-7-9-15-12-5-3-2-4-11(12)13/h2-5,7,9-10H,6,8H2,1H3. The summed E-state index contributed by atoms with van der Waals surface area (Å²) in [6.07, 6.45) is 1.98. The number of alkyl halides is 1. The molecule has 0 amide bonds. The van der Waals surface area contributed by atoms with Crippen LogP contribution in [0.25, 0.3) is 10.9 Å². The lowest BCUT2D eigenvalue weighted by Gasteiger charge is -2.13. The molecule has 1 heterocycles. The predicted octanol–water partition coefficient (Wildman–Crippen LogP) is 3.03. The van der Waals surface area contributed by atoms with Crippen molar-refractivity contribution < 1.29 is 8.42 Å². The van der Waals surface area contributed by atoms with Crippen LogP contribution >= 0.6 is 11.6 Å². The quantitative estimate of drug-likeness (QED) is 0.810. The zero-order chi connectivity index (χ0) is 13.2. The molecule has 0 bridgehead atoms. The second-order valence-electron chi connectivity index (χ2n) is 4.16. The van der Waals surface area contributed by atoms with Gasteiger partial charge in [0.2, 0.25) is 0 Å². The Bertz CT molecular complexity index is 650. The number of aromatic nitrogens is 1. The van der Waals surface area contributed by atoms with Gasteiger partial charge in [-0.05, 0) is 25.5 Å². The van der Waals surface area contributed by atoms with Crippen LogP contribution in [-0.4, -0.2) is 24.5 Å². The van der Waals surface area contributed by atoms with Gasteiger partial charge < -0.3 is 0 Å². The average molecular weight is 284 g/mol. The summed E-state index contributed by atoms with van der Waals surface area (Å²) in [5.41, 5.74) is 0.691. The summed E-state index contributed by atoms with van der Waals surface area (Å²) >= 11 is 5.63. The molecule has 96 valence electrons. The number of nitrogens with zero attached hydrogens (tertiary/aromatic N) is 1. The highest BCUT2D eigenvalue weighted by Gasteiger charge is 2.24. The van der Waals surface area contributed by atoms with Crippen LogP contribution in [0.3, 0.4) is 0 Å². The highest BCUT2D eigenvalue weighted by Crippen LogP contribution is 2.25. The molecule has 0 radical (unpaired) electrons. The summed E-state index contributed by atoms with van der Waals surface area (Å²) < 4.78 is 24.9. The Hall–Kier alpha value is -1.13. The first kappa shape index (κ1) is 13.3. The monoisotopic (exact) mass is 283 g/mol. The fourth-order valence-electron chi connectivity index (χ4n) is 1.84. The van der Waals surface area contributed by atoms with Crippen molar-refractivity contribution in [2.24, 2.45) is 0 Å². The molecule has 5 heteroatoms. The number of para-hydroxylation sites is 1. The van der Waals surface area contributed by atoms with Gasteiger partial charge in [0.25, 0.3) is 0 Å². The van der Waals surface area contributed by atoms with Gasteiger partial charge >= 0.3 is 0 Å². The van der Waals surface area contributed by atoms with E-state index >= 15 is 0 Å². The van der Waals surface area contributed by atoms with E-state index in [0.29, 0.717) is 28.1 Å². The first-order valence-corrected chi connectivity index (χ1v) is 7.79. The minimum Gasteiger partial charge on any atom is -0.256 e. The number of sulfone groups is 1. The first-order valence-electron chi connectivity index (χ1n) is 5.71. The molecule has 0 aliphatic heterocycles. The van der Waals surface area contributed by atoms with Gasteiger partial charge in [-0.1, -0.05) is 18.2 Å². The number of rotatable bonds is 4. The van der Waals surface area contributed by atoms with Gasteiger partial charge in [0.15, 0.2) is 9.84 Å². The van der Waals surface area contributed by atoms with Gasteiger partial charge in [-0.2, -0.15) is 0 Å². The molecule has 0 spiro atoms. The van der Waals surface area contributed by atoms with Crippen molar-refractivity contribution in [1.82, 2.24) is 4.98 Å². The molecule has 3 nitrogen and oxygen atoms in total. The van der Waals surface area contributed by atoms with Crippen molar-refractivity contribution in [2.75, 3.05) is 5.88 Å². The second-order valence-corrected chi connectivity index (χ2v) is 6.87. The lowest BCUT2D eigenvalue weighted by atomic mass is 10.2. The molecule has 0 saturated heterocycles. The van der Waals surface area contributed by atoms with E-state index in [1.54, 1.807) is 25.1 Å². The van der Waals surface area contributed by atoms with Crippen LogP contribution in [-0.2, 0) is 9.84 Å². The molecule has 0 aliphatic rings. The van der Waals surface area contributed by atoms with Crippen molar-refractivity contribution in [3.05, 3.63) is 36.5 Å². The Morgan fingerprint density at radius 1 is 1.28 bits per heavy atom. The van der Waals surface area contributed by atoms with Gasteiger partial charge in [0.1, 0.15) is 0 Å². The van der Waals surface area contributed by atoms with E-state index in [1.165, 1.54) is 6.20 Å². The predicted molar refractivity (Wildman–Crippen MR) is 73.7 cm³/mol. The smallest absolute Gasteiger partial charge is 0.181 e. The average Bonchev–Trinajstić information content (AvgIpc) is 2.38. The molecule has 0 N–H and O–H groups in total. The van der Waals surface area contributed by atoms with Gasteiger partial charge in [-0.15, -0.1) is 11.6 Å². The maximum absolute atomic E-state index is 12.4. The maximum atomic E-state index is 12.4. The SMILES string of the molecule is CC(CCCl)S(=O)(=O)c1ccnc2ccccc12. The summed E-state index contributed by atoms with van der Waals surface area (Å²) in [6, 6.07) is 8.80. The van der Waals surface area contributed by atoms with E-state index in [4.69, 9.17) is 11.6 Å². The molecular formula is C13H14ClNO2S. The van der Waals surface area contributed by atoms with Gasteiger partial charge in [0, 0.05) is 17.5 Å². The Morgan fingerprint density at radius 2 is 2.00 bits per heavy atom. The lowest BCUT2D eigenvalue weighted by molar-refractivity contribution is 0.582. The number of pyridine rings is 1. The van der Waals surface area contributed by atoms with Gasteiger partial charge in [-0.25, -0.2) is 8.42 Å². The van der Waals surface area contributed by atoms with Crippen molar-refractivity contribution >= 4 is 32.3 Å². The van der Waals surface area contributed by atoms with Crippen molar-refractivity contribution in [3.63, 3.8) is 0 Å². The fraction of sp³-hybridized carbons (Fsp3) is 0.308. The van der Waals surface area contributed by atoms with Crippen LogP contribution in [0.5, 0.6) is 0 Å². The minimum absolute atomic E-state index is 0.337. The van der Waals surface area contributed by atoms with Crippen LogP contribution in [0.1, 0.15) is 13.3 Å². The van der Waals surface area contributed by atoms with Gasteiger partial charge in [0.05, 0.1) is 15.7 Å². The fourth-order valence-corrected chi connectivity index (χ4v) is 3.89. The van der Waals surface area contributed by atoms with E-state index < -0.39 is 15.1 Å². The topological polar surface area (TPSA) is 47.0 Å². The highest BCUT2D eigenvalue weighted by molar-refractivity contribution is 7.92. The summed E-state index contributed by atoms with van der Waals surface area (Å²) in [5, 5.41) is 0.183. The van der Waals surface area contributed by atoms with Crippen LogP contribution in [0.2, 0.25) is 0 Å².